The lowest BCUT2D eigenvalue weighted by Gasteiger charge is -2.44. The molecule has 0 spiro atoms. The van der Waals surface area contributed by atoms with Crippen molar-refractivity contribution in [1.29, 1.82) is 0 Å². The van der Waals surface area contributed by atoms with Crippen LogP contribution in [-0.2, 0) is 12.0 Å². The van der Waals surface area contributed by atoms with E-state index in [4.69, 9.17) is 0 Å². The van der Waals surface area contributed by atoms with Gasteiger partial charge < -0.3 is 5.32 Å². The largest absolute Gasteiger partial charge is 0.388 e. The van der Waals surface area contributed by atoms with E-state index in [0.29, 0.717) is 5.92 Å². The van der Waals surface area contributed by atoms with Gasteiger partial charge in [0, 0.05) is 24.8 Å². The number of hydrogen-bond donors (Lipinski definition) is 1. The van der Waals surface area contributed by atoms with E-state index in [9.17, 15) is 0 Å². The number of likely N-dealkylation sites (tertiary alicyclic amines) is 1. The van der Waals surface area contributed by atoms with Crippen LogP contribution >= 0.6 is 0 Å². The molecule has 2 heteroatoms. The molecule has 4 rings (SSSR count). The first-order valence-corrected chi connectivity index (χ1v) is 9.32. The molecular weight excluding hydrogens is 292 g/mol. The Labute approximate surface area is 145 Å². The fraction of sp³-hybridized carbons (Fsp3) is 0.455. The average Bonchev–Trinajstić information content (AvgIpc) is 3.13. The molecule has 2 unspecified atom stereocenters. The van der Waals surface area contributed by atoms with Gasteiger partial charge in [-0.3, -0.25) is 4.90 Å². The highest BCUT2D eigenvalue weighted by atomic mass is 15.2. The first kappa shape index (κ1) is 15.7. The average molecular weight is 320 g/mol. The molecule has 24 heavy (non-hydrogen) atoms. The van der Waals surface area contributed by atoms with Gasteiger partial charge >= 0.3 is 0 Å². The summed E-state index contributed by atoms with van der Waals surface area (Å²) >= 11 is 0. The van der Waals surface area contributed by atoms with Crippen LogP contribution in [0.5, 0.6) is 0 Å². The lowest BCUT2D eigenvalue weighted by molar-refractivity contribution is 0.111. The Morgan fingerprint density at radius 3 is 2.75 bits per heavy atom. The van der Waals surface area contributed by atoms with Gasteiger partial charge in [-0.2, -0.15) is 0 Å². The third-order valence-electron chi connectivity index (χ3n) is 6.24. The zero-order valence-corrected chi connectivity index (χ0v) is 14.9. The standard InChI is InChI=1S/C22H28N2/c1-22(13-6-9-18-15-20(23-2)10-11-21(18)22)24-14-12-19(16-24)17-7-4-3-5-8-17/h3-5,7-8,10-11,15,19,23H,6,9,12-14,16H2,1-2H3. The van der Waals surface area contributed by atoms with Crippen molar-refractivity contribution in [1.82, 2.24) is 4.90 Å². The maximum Gasteiger partial charge on any atom is 0.0435 e. The predicted octanol–water partition coefficient (Wildman–Crippen LogP) is 4.77. The normalized spacial score (nSPS) is 27.0. The highest BCUT2D eigenvalue weighted by molar-refractivity contribution is 5.51. The van der Waals surface area contributed by atoms with E-state index in [1.54, 1.807) is 11.1 Å². The number of fused-ring (bicyclic) bond motifs is 1. The molecule has 1 heterocycles. The van der Waals surface area contributed by atoms with Gasteiger partial charge in [-0.15, -0.1) is 0 Å². The SMILES string of the molecule is CNc1ccc2c(c1)CCCC2(C)N1CCC(c2ccccc2)C1. The zero-order chi connectivity index (χ0) is 16.6. The van der Waals surface area contributed by atoms with Crippen molar-refractivity contribution >= 4 is 5.69 Å². The molecule has 0 amide bonds. The van der Waals surface area contributed by atoms with Crippen molar-refractivity contribution in [3.05, 3.63) is 65.2 Å². The van der Waals surface area contributed by atoms with Crippen LogP contribution in [0, 0.1) is 0 Å². The molecule has 0 radical (unpaired) electrons. The van der Waals surface area contributed by atoms with Crippen molar-refractivity contribution in [3.63, 3.8) is 0 Å². The summed E-state index contributed by atoms with van der Waals surface area (Å²) in [5.41, 5.74) is 6.04. The van der Waals surface area contributed by atoms with Crippen LogP contribution in [0.15, 0.2) is 48.5 Å². The Morgan fingerprint density at radius 1 is 1.12 bits per heavy atom. The quantitative estimate of drug-likeness (QED) is 0.876. The van der Waals surface area contributed by atoms with Crippen molar-refractivity contribution < 1.29 is 0 Å². The van der Waals surface area contributed by atoms with E-state index in [0.717, 1.165) is 0 Å². The molecular formula is C22H28N2. The second-order valence-electron chi connectivity index (χ2n) is 7.59. The van der Waals surface area contributed by atoms with Crippen LogP contribution < -0.4 is 5.32 Å². The molecule has 0 bridgehead atoms. The van der Waals surface area contributed by atoms with Gasteiger partial charge in [0.25, 0.3) is 0 Å². The molecule has 0 aromatic heterocycles. The summed E-state index contributed by atoms with van der Waals surface area (Å²) in [5.74, 6) is 0.685. The van der Waals surface area contributed by atoms with Crippen molar-refractivity contribution in [2.45, 2.75) is 44.1 Å². The summed E-state index contributed by atoms with van der Waals surface area (Å²) in [6.45, 7) is 4.87. The third kappa shape index (κ3) is 2.63. The van der Waals surface area contributed by atoms with Gasteiger partial charge in [0.1, 0.15) is 0 Å². The molecule has 0 saturated carbocycles. The first-order chi connectivity index (χ1) is 11.7. The summed E-state index contributed by atoms with van der Waals surface area (Å²) in [5, 5.41) is 3.29. The summed E-state index contributed by atoms with van der Waals surface area (Å²) in [6.07, 6.45) is 5.07. The van der Waals surface area contributed by atoms with Crippen molar-refractivity contribution in [2.75, 3.05) is 25.5 Å². The van der Waals surface area contributed by atoms with Crippen LogP contribution in [0.4, 0.5) is 5.69 Å². The fourth-order valence-electron chi connectivity index (χ4n) is 4.77. The van der Waals surface area contributed by atoms with Crippen LogP contribution in [-0.4, -0.2) is 25.0 Å². The molecule has 2 nitrogen and oxygen atoms in total. The fourth-order valence-corrected chi connectivity index (χ4v) is 4.77. The maximum atomic E-state index is 3.29. The monoisotopic (exact) mass is 320 g/mol. The van der Waals surface area contributed by atoms with Gasteiger partial charge in [0.05, 0.1) is 0 Å². The van der Waals surface area contributed by atoms with Crippen LogP contribution in [0.25, 0.3) is 0 Å². The third-order valence-corrected chi connectivity index (χ3v) is 6.24. The lowest BCUT2D eigenvalue weighted by atomic mass is 9.76. The van der Waals surface area contributed by atoms with E-state index in [1.165, 1.54) is 50.0 Å². The Bertz CT molecular complexity index is 709. The molecule has 126 valence electrons. The highest BCUT2D eigenvalue weighted by Gasteiger charge is 2.41. The first-order valence-electron chi connectivity index (χ1n) is 9.32. The number of aryl methyl sites for hydroxylation is 1. The molecule has 1 aliphatic carbocycles. The van der Waals surface area contributed by atoms with Crippen LogP contribution in [0.2, 0.25) is 0 Å². The van der Waals surface area contributed by atoms with Gasteiger partial charge in [0.2, 0.25) is 0 Å². The van der Waals surface area contributed by atoms with E-state index in [1.807, 2.05) is 7.05 Å². The minimum atomic E-state index is 0.198. The smallest absolute Gasteiger partial charge is 0.0435 e. The minimum Gasteiger partial charge on any atom is -0.388 e. The molecule has 2 atom stereocenters. The molecule has 1 saturated heterocycles. The Hall–Kier alpha value is -1.80. The Balaban J connectivity index is 1.61. The van der Waals surface area contributed by atoms with E-state index in [2.05, 4.69) is 65.7 Å². The van der Waals surface area contributed by atoms with Crippen LogP contribution in [0.3, 0.4) is 0 Å². The molecule has 2 aliphatic rings. The second-order valence-corrected chi connectivity index (χ2v) is 7.59. The molecule has 1 aliphatic heterocycles. The number of benzene rings is 2. The Kier molecular flexibility index (Phi) is 4.09. The highest BCUT2D eigenvalue weighted by Crippen LogP contribution is 2.44. The maximum absolute atomic E-state index is 3.29. The van der Waals surface area contributed by atoms with Gasteiger partial charge in [-0.05, 0) is 73.9 Å². The zero-order valence-electron chi connectivity index (χ0n) is 14.9. The lowest BCUT2D eigenvalue weighted by Crippen LogP contribution is -2.44. The van der Waals surface area contributed by atoms with Gasteiger partial charge in [0.15, 0.2) is 0 Å². The topological polar surface area (TPSA) is 15.3 Å². The summed E-state index contributed by atoms with van der Waals surface area (Å²) < 4.78 is 0. The number of nitrogens with zero attached hydrogens (tertiary/aromatic N) is 1. The van der Waals surface area contributed by atoms with Crippen LogP contribution in [0.1, 0.15) is 48.8 Å². The van der Waals surface area contributed by atoms with Crippen molar-refractivity contribution in [3.8, 4) is 0 Å². The van der Waals surface area contributed by atoms with Gasteiger partial charge in [-0.25, -0.2) is 0 Å². The Morgan fingerprint density at radius 2 is 1.96 bits per heavy atom. The predicted molar refractivity (Wildman–Crippen MR) is 102 cm³/mol. The second kappa shape index (κ2) is 6.25. The molecule has 1 N–H and O–H groups in total. The minimum absolute atomic E-state index is 0.198. The summed E-state index contributed by atoms with van der Waals surface area (Å²) in [4.78, 5) is 2.75. The summed E-state index contributed by atoms with van der Waals surface area (Å²) in [6, 6.07) is 18.0. The molecule has 2 aromatic rings. The number of hydrogen-bond acceptors (Lipinski definition) is 2. The number of rotatable bonds is 3. The summed E-state index contributed by atoms with van der Waals surface area (Å²) in [7, 11) is 2.01. The number of nitrogens with one attached hydrogen (secondary N) is 1. The van der Waals surface area contributed by atoms with Gasteiger partial charge in [-0.1, -0.05) is 36.4 Å². The molecule has 1 fully saturated rings. The number of anilines is 1. The van der Waals surface area contributed by atoms with E-state index < -0.39 is 0 Å². The van der Waals surface area contributed by atoms with E-state index >= 15 is 0 Å². The van der Waals surface area contributed by atoms with Crippen molar-refractivity contribution in [2.24, 2.45) is 0 Å². The van der Waals surface area contributed by atoms with E-state index in [-0.39, 0.29) is 5.54 Å². The molecule has 2 aromatic carbocycles.